The van der Waals surface area contributed by atoms with Crippen LogP contribution in [0.3, 0.4) is 0 Å². The number of hydrogen-bond acceptors (Lipinski definition) is 6. The molecule has 0 radical (unpaired) electrons. The fraction of sp³-hybridized carbons (Fsp3) is 0.462. The highest BCUT2D eigenvalue weighted by Gasteiger charge is 2.10. The molecule has 0 spiro atoms. The third-order valence-corrected chi connectivity index (χ3v) is 3.37. The van der Waals surface area contributed by atoms with Crippen LogP contribution in [0.1, 0.15) is 19.2 Å². The number of carbonyl (C=O) groups is 1. The van der Waals surface area contributed by atoms with Crippen LogP contribution in [0.15, 0.2) is 21.3 Å². The van der Waals surface area contributed by atoms with Crippen molar-refractivity contribution in [3.8, 4) is 11.4 Å². The van der Waals surface area contributed by atoms with Crippen LogP contribution in [-0.4, -0.2) is 35.7 Å². The van der Waals surface area contributed by atoms with Crippen LogP contribution in [0.5, 0.6) is 0 Å². The van der Waals surface area contributed by atoms with E-state index in [1.807, 2.05) is 23.8 Å². The summed E-state index contributed by atoms with van der Waals surface area (Å²) in [5.74, 6) is 1.07. The molecule has 0 fully saturated rings. The number of thiophene rings is 1. The highest BCUT2D eigenvalue weighted by Crippen LogP contribution is 2.18. The summed E-state index contributed by atoms with van der Waals surface area (Å²) >= 11 is 1.58. The van der Waals surface area contributed by atoms with Gasteiger partial charge in [0.05, 0.1) is 0 Å². The predicted molar refractivity (Wildman–Crippen MR) is 77.5 cm³/mol. The number of nitrogens with one attached hydrogen (secondary N) is 2. The minimum Gasteiger partial charge on any atom is -0.355 e. The summed E-state index contributed by atoms with van der Waals surface area (Å²) in [6.45, 7) is 4.35. The molecule has 0 aromatic carbocycles. The van der Waals surface area contributed by atoms with Gasteiger partial charge >= 0.3 is 0 Å². The zero-order chi connectivity index (χ0) is 14.2. The van der Waals surface area contributed by atoms with E-state index in [2.05, 4.69) is 20.8 Å². The molecule has 2 rings (SSSR count). The van der Waals surface area contributed by atoms with Crippen LogP contribution in [-0.2, 0) is 11.2 Å². The van der Waals surface area contributed by atoms with Crippen LogP contribution in [0.4, 0.5) is 0 Å². The fourth-order valence-corrected chi connectivity index (χ4v) is 2.28. The van der Waals surface area contributed by atoms with Crippen molar-refractivity contribution in [2.24, 2.45) is 0 Å². The van der Waals surface area contributed by atoms with Crippen LogP contribution >= 0.6 is 11.3 Å². The molecule has 2 heterocycles. The van der Waals surface area contributed by atoms with Crippen molar-refractivity contribution >= 4 is 17.2 Å². The summed E-state index contributed by atoms with van der Waals surface area (Å²) in [7, 11) is 0. The SMILES string of the molecule is CCNCCNC(=O)CCc1nc(-c2ccsc2)no1. The molecule has 0 aliphatic heterocycles. The Bertz CT molecular complexity index is 524. The van der Waals surface area contributed by atoms with Crippen LogP contribution < -0.4 is 10.6 Å². The maximum atomic E-state index is 11.6. The molecule has 0 atom stereocenters. The van der Waals surface area contributed by atoms with Gasteiger partial charge in [0.2, 0.25) is 17.6 Å². The van der Waals surface area contributed by atoms with E-state index < -0.39 is 0 Å². The topological polar surface area (TPSA) is 80.0 Å². The van der Waals surface area contributed by atoms with Gasteiger partial charge in [0.1, 0.15) is 0 Å². The van der Waals surface area contributed by atoms with E-state index in [1.165, 1.54) is 0 Å². The van der Waals surface area contributed by atoms with Gasteiger partial charge in [-0.15, -0.1) is 0 Å². The van der Waals surface area contributed by atoms with Crippen molar-refractivity contribution < 1.29 is 9.32 Å². The van der Waals surface area contributed by atoms with Crippen molar-refractivity contribution in [1.29, 1.82) is 0 Å². The average molecular weight is 294 g/mol. The van der Waals surface area contributed by atoms with Gasteiger partial charge < -0.3 is 15.2 Å². The molecule has 20 heavy (non-hydrogen) atoms. The van der Waals surface area contributed by atoms with Gasteiger partial charge in [-0.2, -0.15) is 16.3 Å². The molecule has 0 saturated carbocycles. The highest BCUT2D eigenvalue weighted by atomic mass is 32.1. The molecule has 0 aliphatic rings. The third kappa shape index (κ3) is 4.43. The van der Waals surface area contributed by atoms with Gasteiger partial charge in [-0.25, -0.2) is 0 Å². The van der Waals surface area contributed by atoms with E-state index in [0.29, 0.717) is 31.1 Å². The second-order valence-corrected chi connectivity index (χ2v) is 5.01. The first-order valence-corrected chi connectivity index (χ1v) is 7.56. The Hall–Kier alpha value is -1.73. The molecule has 0 saturated heterocycles. The number of rotatable bonds is 8. The first kappa shape index (κ1) is 14.7. The molecule has 6 nitrogen and oxygen atoms in total. The normalized spacial score (nSPS) is 10.7. The van der Waals surface area contributed by atoms with Crippen molar-refractivity contribution in [1.82, 2.24) is 20.8 Å². The van der Waals surface area contributed by atoms with Gasteiger partial charge in [-0.3, -0.25) is 4.79 Å². The summed E-state index contributed by atoms with van der Waals surface area (Å²) in [4.78, 5) is 15.9. The summed E-state index contributed by atoms with van der Waals surface area (Å²) in [6.07, 6.45) is 0.821. The van der Waals surface area contributed by atoms with Crippen LogP contribution in [0.2, 0.25) is 0 Å². The Morgan fingerprint density at radius 2 is 2.35 bits per heavy atom. The zero-order valence-electron chi connectivity index (χ0n) is 11.4. The van der Waals surface area contributed by atoms with Gasteiger partial charge in [0.15, 0.2) is 0 Å². The van der Waals surface area contributed by atoms with Gasteiger partial charge in [0, 0.05) is 36.9 Å². The van der Waals surface area contributed by atoms with E-state index in [0.717, 1.165) is 18.7 Å². The fourth-order valence-electron chi connectivity index (χ4n) is 1.64. The molecule has 108 valence electrons. The Kier molecular flexibility index (Phi) is 5.69. The van der Waals surface area contributed by atoms with Gasteiger partial charge in [-0.1, -0.05) is 12.1 Å². The number of carbonyl (C=O) groups excluding carboxylic acids is 1. The molecular weight excluding hydrogens is 276 g/mol. The summed E-state index contributed by atoms with van der Waals surface area (Å²) in [5.41, 5.74) is 0.945. The molecular formula is C13H18N4O2S. The van der Waals surface area contributed by atoms with Gasteiger partial charge in [0.25, 0.3) is 0 Å². The number of likely N-dealkylation sites (N-methyl/N-ethyl adjacent to an activating group) is 1. The van der Waals surface area contributed by atoms with Crippen LogP contribution in [0, 0.1) is 0 Å². The molecule has 2 aromatic rings. The molecule has 0 bridgehead atoms. The van der Waals surface area contributed by atoms with E-state index in [4.69, 9.17) is 4.52 Å². The Morgan fingerprint density at radius 1 is 1.45 bits per heavy atom. The third-order valence-electron chi connectivity index (χ3n) is 2.69. The molecule has 2 N–H and O–H groups in total. The molecule has 1 amide bonds. The lowest BCUT2D eigenvalue weighted by Gasteiger charge is -2.03. The maximum absolute atomic E-state index is 11.6. The largest absolute Gasteiger partial charge is 0.355 e. The lowest BCUT2D eigenvalue weighted by Crippen LogP contribution is -2.31. The highest BCUT2D eigenvalue weighted by molar-refractivity contribution is 7.08. The first-order chi connectivity index (χ1) is 9.79. The second kappa shape index (κ2) is 7.76. The quantitative estimate of drug-likeness (QED) is 0.720. The van der Waals surface area contributed by atoms with E-state index in [-0.39, 0.29) is 5.91 Å². The number of nitrogens with zero attached hydrogens (tertiary/aromatic N) is 2. The number of aryl methyl sites for hydroxylation is 1. The van der Waals surface area contributed by atoms with Crippen molar-refractivity contribution in [3.63, 3.8) is 0 Å². The molecule has 7 heteroatoms. The maximum Gasteiger partial charge on any atom is 0.227 e. The number of amides is 1. The molecule has 0 unspecified atom stereocenters. The number of aromatic nitrogens is 2. The summed E-state index contributed by atoms with van der Waals surface area (Å²) < 4.78 is 5.13. The monoisotopic (exact) mass is 294 g/mol. The van der Waals surface area contributed by atoms with E-state index in [9.17, 15) is 4.79 Å². The van der Waals surface area contributed by atoms with Gasteiger partial charge in [-0.05, 0) is 18.0 Å². The Balaban J connectivity index is 1.73. The number of hydrogen-bond donors (Lipinski definition) is 2. The van der Waals surface area contributed by atoms with E-state index >= 15 is 0 Å². The van der Waals surface area contributed by atoms with Crippen molar-refractivity contribution in [2.75, 3.05) is 19.6 Å². The molecule has 0 aliphatic carbocycles. The van der Waals surface area contributed by atoms with Crippen LogP contribution in [0.25, 0.3) is 11.4 Å². The predicted octanol–water partition coefficient (Wildman–Crippen LogP) is 1.46. The van der Waals surface area contributed by atoms with E-state index in [1.54, 1.807) is 11.3 Å². The summed E-state index contributed by atoms with van der Waals surface area (Å²) in [6, 6.07) is 1.94. The minimum absolute atomic E-state index is 0.00168. The zero-order valence-corrected chi connectivity index (χ0v) is 12.2. The average Bonchev–Trinajstić information content (AvgIpc) is 3.11. The Labute approximate surface area is 121 Å². The Morgan fingerprint density at radius 3 is 3.10 bits per heavy atom. The minimum atomic E-state index is -0.00168. The lowest BCUT2D eigenvalue weighted by molar-refractivity contribution is -0.121. The second-order valence-electron chi connectivity index (χ2n) is 4.23. The first-order valence-electron chi connectivity index (χ1n) is 6.62. The summed E-state index contributed by atoms with van der Waals surface area (Å²) in [5, 5.41) is 13.8. The smallest absolute Gasteiger partial charge is 0.227 e. The van der Waals surface area contributed by atoms with Crippen molar-refractivity contribution in [2.45, 2.75) is 19.8 Å². The van der Waals surface area contributed by atoms with Crippen molar-refractivity contribution in [3.05, 3.63) is 22.7 Å². The molecule has 2 aromatic heterocycles. The standard InChI is InChI=1S/C13H18N4O2S/c1-2-14-6-7-15-11(18)3-4-12-16-13(17-19-12)10-5-8-20-9-10/h5,8-9,14H,2-4,6-7H2,1H3,(H,15,18). The lowest BCUT2D eigenvalue weighted by atomic mass is 10.3.